The van der Waals surface area contributed by atoms with Gasteiger partial charge in [-0.25, -0.2) is 9.78 Å². The minimum absolute atomic E-state index is 0.0138. The van der Waals surface area contributed by atoms with Crippen LogP contribution in [-0.2, 0) is 25.5 Å². The quantitative estimate of drug-likeness (QED) is 0.217. The van der Waals surface area contributed by atoms with E-state index < -0.39 is 23.9 Å². The highest BCUT2D eigenvalue weighted by Gasteiger charge is 2.29. The van der Waals surface area contributed by atoms with Crippen molar-refractivity contribution in [2.24, 2.45) is 0 Å². The lowest BCUT2D eigenvalue weighted by Crippen LogP contribution is -2.44. The van der Waals surface area contributed by atoms with Crippen LogP contribution in [0.15, 0.2) is 36.9 Å². The maximum Gasteiger partial charge on any atom is 0.328 e. The van der Waals surface area contributed by atoms with E-state index >= 15 is 0 Å². The standard InChI is InChI=1S/C27H37N7O5/c1-4-15-34-19(11-12-20-23(34)24(28)33-27(29)32-20)16-30-18-9-7-17(8-10-18)25(36)31-21(26(37)39-6-3)13-14-22(35)38-5-2/h4,7-10,19,21,30H,1,5-6,11-16H2,2-3H3,(H,31,36)(H4,28,29,32,33)/t19?,21-/m0/s1. The number of carbonyl (C=O) groups is 3. The van der Waals surface area contributed by atoms with E-state index in [9.17, 15) is 14.4 Å². The Balaban J connectivity index is 1.62. The Labute approximate surface area is 228 Å². The number of aromatic nitrogens is 2. The first-order valence-corrected chi connectivity index (χ1v) is 13.0. The predicted molar refractivity (Wildman–Crippen MR) is 149 cm³/mol. The molecule has 6 N–H and O–H groups in total. The highest BCUT2D eigenvalue weighted by atomic mass is 16.5. The number of nitrogens with one attached hydrogen (secondary N) is 2. The lowest BCUT2D eigenvalue weighted by atomic mass is 9.99. The van der Waals surface area contributed by atoms with E-state index in [2.05, 4.69) is 32.1 Å². The van der Waals surface area contributed by atoms with E-state index in [0.29, 0.717) is 24.5 Å². The average molecular weight is 540 g/mol. The van der Waals surface area contributed by atoms with Crippen molar-refractivity contribution in [3.8, 4) is 0 Å². The molecule has 3 rings (SSSR count). The van der Waals surface area contributed by atoms with Crippen molar-refractivity contribution >= 4 is 41.0 Å². The Morgan fingerprint density at radius 1 is 1.15 bits per heavy atom. The van der Waals surface area contributed by atoms with Gasteiger partial charge >= 0.3 is 11.9 Å². The molecule has 39 heavy (non-hydrogen) atoms. The molecular weight excluding hydrogens is 502 g/mol. The summed E-state index contributed by atoms with van der Waals surface area (Å²) in [5, 5.41) is 6.08. The fraction of sp³-hybridized carbons (Fsp3) is 0.444. The molecule has 0 radical (unpaired) electrons. The number of fused-ring (bicyclic) bond motifs is 1. The van der Waals surface area contributed by atoms with Crippen molar-refractivity contribution < 1.29 is 23.9 Å². The number of nitrogen functional groups attached to an aromatic ring is 2. The predicted octanol–water partition coefficient (Wildman–Crippen LogP) is 2.07. The minimum atomic E-state index is -0.962. The van der Waals surface area contributed by atoms with Crippen LogP contribution in [-0.4, -0.2) is 66.2 Å². The molecule has 0 fully saturated rings. The van der Waals surface area contributed by atoms with Crippen LogP contribution in [0, 0.1) is 0 Å². The summed E-state index contributed by atoms with van der Waals surface area (Å²) in [4.78, 5) is 47.5. The maximum absolute atomic E-state index is 12.8. The summed E-state index contributed by atoms with van der Waals surface area (Å²) in [6, 6.07) is 6.06. The molecule has 2 aromatic rings. The van der Waals surface area contributed by atoms with Gasteiger partial charge in [0.25, 0.3) is 5.91 Å². The van der Waals surface area contributed by atoms with Gasteiger partial charge in [0.1, 0.15) is 11.7 Å². The van der Waals surface area contributed by atoms with E-state index in [-0.39, 0.29) is 38.0 Å². The molecule has 1 unspecified atom stereocenters. The number of rotatable bonds is 13. The fourth-order valence-electron chi connectivity index (χ4n) is 4.46. The Morgan fingerprint density at radius 3 is 2.54 bits per heavy atom. The zero-order chi connectivity index (χ0) is 28.4. The van der Waals surface area contributed by atoms with Crippen molar-refractivity contribution in [2.45, 2.75) is 51.6 Å². The van der Waals surface area contributed by atoms with Gasteiger partial charge in [0.15, 0.2) is 5.82 Å². The van der Waals surface area contributed by atoms with Crippen molar-refractivity contribution in [1.29, 1.82) is 0 Å². The molecule has 2 atom stereocenters. The topological polar surface area (TPSA) is 175 Å². The third-order valence-corrected chi connectivity index (χ3v) is 6.28. The number of nitrogens with two attached hydrogens (primary N) is 2. The monoisotopic (exact) mass is 539 g/mol. The number of benzene rings is 1. The third-order valence-electron chi connectivity index (χ3n) is 6.28. The normalized spacial score (nSPS) is 15.0. The number of nitrogens with zero attached hydrogens (tertiary/aromatic N) is 3. The van der Waals surface area contributed by atoms with Gasteiger partial charge in [0.05, 0.1) is 18.9 Å². The van der Waals surface area contributed by atoms with E-state index in [1.807, 2.05) is 6.08 Å². The summed E-state index contributed by atoms with van der Waals surface area (Å²) in [7, 11) is 0. The SMILES string of the molecule is C=CCN1c2c(N)nc(N)nc2CCC1CNc1ccc(C(=O)N[C@@H](CCC(=O)OCC)C(=O)OCC)cc1. The lowest BCUT2D eigenvalue weighted by molar-refractivity contribution is -0.146. The van der Waals surface area contributed by atoms with Gasteiger partial charge in [-0.15, -0.1) is 6.58 Å². The Morgan fingerprint density at radius 2 is 1.87 bits per heavy atom. The van der Waals surface area contributed by atoms with Gasteiger partial charge < -0.3 is 36.5 Å². The van der Waals surface area contributed by atoms with Crippen molar-refractivity contribution in [1.82, 2.24) is 15.3 Å². The summed E-state index contributed by atoms with van der Waals surface area (Å²) in [6.07, 6.45) is 3.44. The lowest BCUT2D eigenvalue weighted by Gasteiger charge is -2.38. The van der Waals surface area contributed by atoms with Crippen LogP contribution >= 0.6 is 0 Å². The number of ether oxygens (including phenoxy) is 2. The van der Waals surface area contributed by atoms with Crippen molar-refractivity contribution in [3.05, 3.63) is 48.2 Å². The molecule has 1 aliphatic heterocycles. The van der Waals surface area contributed by atoms with Crippen LogP contribution in [0.5, 0.6) is 0 Å². The van der Waals surface area contributed by atoms with E-state index in [1.54, 1.807) is 38.1 Å². The van der Waals surface area contributed by atoms with Crippen LogP contribution in [0.25, 0.3) is 0 Å². The number of esters is 2. The zero-order valence-electron chi connectivity index (χ0n) is 22.4. The van der Waals surface area contributed by atoms with Gasteiger partial charge in [-0.3, -0.25) is 9.59 Å². The Hall–Kier alpha value is -4.35. The number of hydrogen-bond acceptors (Lipinski definition) is 11. The molecular formula is C27H37N7O5. The smallest absolute Gasteiger partial charge is 0.328 e. The van der Waals surface area contributed by atoms with Gasteiger partial charge in [-0.05, 0) is 57.4 Å². The van der Waals surface area contributed by atoms with Gasteiger partial charge in [0, 0.05) is 36.8 Å². The first kappa shape index (κ1) is 29.2. The molecule has 12 nitrogen and oxygen atoms in total. The number of amides is 1. The number of hydrogen-bond donors (Lipinski definition) is 4. The minimum Gasteiger partial charge on any atom is -0.466 e. The molecule has 2 heterocycles. The molecule has 1 aliphatic rings. The molecule has 0 aliphatic carbocycles. The highest BCUT2D eigenvalue weighted by Crippen LogP contribution is 2.34. The molecule has 1 aromatic heterocycles. The molecule has 1 amide bonds. The molecule has 12 heteroatoms. The number of aryl methyl sites for hydroxylation is 1. The zero-order valence-corrected chi connectivity index (χ0v) is 22.4. The van der Waals surface area contributed by atoms with Crippen LogP contribution in [0.2, 0.25) is 0 Å². The second kappa shape index (κ2) is 14.0. The van der Waals surface area contributed by atoms with E-state index in [1.165, 1.54) is 0 Å². The Bertz CT molecular complexity index is 1170. The van der Waals surface area contributed by atoms with Gasteiger partial charge in [0.2, 0.25) is 5.95 Å². The average Bonchev–Trinajstić information content (AvgIpc) is 2.90. The summed E-state index contributed by atoms with van der Waals surface area (Å²) in [6.45, 7) is 8.84. The van der Waals surface area contributed by atoms with Crippen LogP contribution in [0.3, 0.4) is 0 Å². The van der Waals surface area contributed by atoms with E-state index in [4.69, 9.17) is 20.9 Å². The molecule has 0 spiro atoms. The van der Waals surface area contributed by atoms with Gasteiger partial charge in [-0.1, -0.05) is 6.08 Å². The second-order valence-electron chi connectivity index (χ2n) is 8.98. The van der Waals surface area contributed by atoms with Crippen molar-refractivity contribution in [2.75, 3.05) is 48.0 Å². The summed E-state index contributed by atoms with van der Waals surface area (Å²) in [5.74, 6) is -0.968. The first-order chi connectivity index (χ1) is 18.8. The summed E-state index contributed by atoms with van der Waals surface area (Å²) >= 11 is 0. The Kier molecular flexibility index (Phi) is 10.5. The summed E-state index contributed by atoms with van der Waals surface area (Å²) < 4.78 is 9.97. The van der Waals surface area contributed by atoms with Crippen molar-refractivity contribution in [3.63, 3.8) is 0 Å². The number of carbonyl (C=O) groups excluding carboxylic acids is 3. The first-order valence-electron chi connectivity index (χ1n) is 13.0. The summed E-state index contributed by atoms with van der Waals surface area (Å²) in [5.41, 5.74) is 14.8. The third kappa shape index (κ3) is 7.82. The van der Waals surface area contributed by atoms with Crippen LogP contribution < -0.4 is 27.0 Å². The number of anilines is 4. The molecule has 0 saturated carbocycles. The molecule has 1 aromatic carbocycles. The second-order valence-corrected chi connectivity index (χ2v) is 8.98. The van der Waals surface area contributed by atoms with Crippen LogP contribution in [0.4, 0.5) is 23.1 Å². The van der Waals surface area contributed by atoms with Gasteiger partial charge in [-0.2, -0.15) is 4.98 Å². The molecule has 0 saturated heterocycles. The highest BCUT2D eigenvalue weighted by molar-refractivity contribution is 5.97. The van der Waals surface area contributed by atoms with E-state index in [0.717, 1.165) is 29.9 Å². The largest absolute Gasteiger partial charge is 0.466 e. The molecule has 0 bridgehead atoms. The fourth-order valence-corrected chi connectivity index (χ4v) is 4.46. The molecule has 210 valence electrons. The maximum atomic E-state index is 12.8. The van der Waals surface area contributed by atoms with Crippen LogP contribution in [0.1, 0.15) is 49.2 Å².